The van der Waals surface area contributed by atoms with E-state index in [2.05, 4.69) is 15.6 Å². The van der Waals surface area contributed by atoms with Gasteiger partial charge in [0, 0.05) is 18.9 Å². The second-order valence-corrected chi connectivity index (χ2v) is 5.86. The molecule has 2 rings (SSSR count). The molecule has 24 heavy (non-hydrogen) atoms. The summed E-state index contributed by atoms with van der Waals surface area (Å²) in [6.45, 7) is 4.28. The Morgan fingerprint density at radius 1 is 1.17 bits per heavy atom. The molecular weight excluding hydrogens is 306 g/mol. The van der Waals surface area contributed by atoms with Crippen molar-refractivity contribution in [2.24, 2.45) is 0 Å². The van der Waals surface area contributed by atoms with Crippen molar-refractivity contribution >= 4 is 6.03 Å². The van der Waals surface area contributed by atoms with Gasteiger partial charge in [-0.2, -0.15) is 0 Å². The third-order valence-electron chi connectivity index (χ3n) is 3.71. The lowest BCUT2D eigenvalue weighted by atomic mass is 9.94. The Bertz CT molecular complexity index is 687. The van der Waals surface area contributed by atoms with Crippen molar-refractivity contribution in [2.45, 2.75) is 25.9 Å². The second-order valence-electron chi connectivity index (χ2n) is 5.86. The smallest absolute Gasteiger partial charge is 0.315 e. The van der Waals surface area contributed by atoms with Crippen LogP contribution in [-0.2, 0) is 12.1 Å². The van der Waals surface area contributed by atoms with Crippen molar-refractivity contribution in [1.29, 1.82) is 0 Å². The highest BCUT2D eigenvalue weighted by Crippen LogP contribution is 2.31. The molecule has 1 aromatic heterocycles. The number of methoxy groups -OCH3 is 2. The monoisotopic (exact) mass is 329 g/mol. The minimum absolute atomic E-state index is 0.251. The van der Waals surface area contributed by atoms with Crippen LogP contribution >= 0.6 is 0 Å². The molecule has 0 aliphatic carbocycles. The summed E-state index contributed by atoms with van der Waals surface area (Å²) in [6.07, 6.45) is 3.42. The Morgan fingerprint density at radius 3 is 2.54 bits per heavy atom. The van der Waals surface area contributed by atoms with Gasteiger partial charge in [0.15, 0.2) is 11.5 Å². The maximum absolute atomic E-state index is 12.2. The zero-order chi connectivity index (χ0) is 17.6. The van der Waals surface area contributed by atoms with Gasteiger partial charge in [-0.15, -0.1) is 0 Å². The highest BCUT2D eigenvalue weighted by Gasteiger charge is 2.24. The lowest BCUT2D eigenvalue weighted by Gasteiger charge is -2.27. The zero-order valence-electron chi connectivity index (χ0n) is 14.4. The first-order chi connectivity index (χ1) is 11.5. The van der Waals surface area contributed by atoms with E-state index in [-0.39, 0.29) is 6.03 Å². The molecule has 1 heterocycles. The molecule has 0 aliphatic rings. The number of ether oxygens (including phenoxy) is 2. The molecule has 2 N–H and O–H groups in total. The number of pyridine rings is 1. The predicted molar refractivity (Wildman–Crippen MR) is 92.2 cm³/mol. The molecule has 6 nitrogen and oxygen atoms in total. The number of aromatic nitrogens is 1. The van der Waals surface area contributed by atoms with E-state index in [9.17, 15) is 4.79 Å². The van der Waals surface area contributed by atoms with Crippen LogP contribution in [0.5, 0.6) is 11.5 Å². The summed E-state index contributed by atoms with van der Waals surface area (Å²) in [5, 5.41) is 5.79. The molecule has 6 heteroatoms. The first kappa shape index (κ1) is 17.6. The molecule has 0 unspecified atom stereocenters. The normalized spacial score (nSPS) is 10.8. The summed E-state index contributed by atoms with van der Waals surface area (Å²) in [5.74, 6) is 1.28. The second kappa shape index (κ2) is 7.68. The number of amides is 2. The maximum Gasteiger partial charge on any atom is 0.315 e. The van der Waals surface area contributed by atoms with Gasteiger partial charge in [0.25, 0.3) is 0 Å². The number of nitrogens with zero attached hydrogens (tertiary/aromatic N) is 1. The topological polar surface area (TPSA) is 72.5 Å². The molecule has 0 radical (unpaired) electrons. The highest BCUT2D eigenvalue weighted by molar-refractivity contribution is 5.75. The third-order valence-corrected chi connectivity index (χ3v) is 3.71. The fraction of sp³-hybridized carbons (Fsp3) is 0.333. The highest BCUT2D eigenvalue weighted by atomic mass is 16.5. The largest absolute Gasteiger partial charge is 0.493 e. The Hall–Kier alpha value is -2.76. The molecule has 2 aromatic rings. The standard InChI is InChI=1S/C18H23N3O3/c1-18(2,14-7-8-15(23-3)16(10-14)24-4)21-17(22)20-12-13-6-5-9-19-11-13/h5-11H,12H2,1-4H3,(H2,20,21,22). The summed E-state index contributed by atoms with van der Waals surface area (Å²) < 4.78 is 10.6. The molecule has 0 fully saturated rings. The van der Waals surface area contributed by atoms with Gasteiger partial charge < -0.3 is 20.1 Å². The molecule has 0 saturated heterocycles. The van der Waals surface area contributed by atoms with Crippen LogP contribution in [0.25, 0.3) is 0 Å². The van der Waals surface area contributed by atoms with E-state index >= 15 is 0 Å². The first-order valence-electron chi connectivity index (χ1n) is 7.63. The average Bonchev–Trinajstić information content (AvgIpc) is 2.59. The Balaban J connectivity index is 2.03. The first-order valence-corrected chi connectivity index (χ1v) is 7.63. The van der Waals surface area contributed by atoms with Gasteiger partial charge in [-0.1, -0.05) is 12.1 Å². The van der Waals surface area contributed by atoms with Crippen LogP contribution in [0.15, 0.2) is 42.7 Å². The van der Waals surface area contributed by atoms with Gasteiger partial charge in [0.2, 0.25) is 0 Å². The van der Waals surface area contributed by atoms with E-state index in [4.69, 9.17) is 9.47 Å². The number of carbonyl (C=O) groups excluding carboxylic acids is 1. The van der Waals surface area contributed by atoms with E-state index in [1.807, 2.05) is 44.2 Å². The lowest BCUT2D eigenvalue weighted by molar-refractivity contribution is 0.229. The summed E-state index contributed by atoms with van der Waals surface area (Å²) in [7, 11) is 3.18. The third kappa shape index (κ3) is 4.38. The van der Waals surface area contributed by atoms with E-state index < -0.39 is 5.54 Å². The van der Waals surface area contributed by atoms with Crippen molar-refractivity contribution in [3.05, 3.63) is 53.9 Å². The minimum atomic E-state index is -0.571. The van der Waals surface area contributed by atoms with Gasteiger partial charge in [0.1, 0.15) is 0 Å². The zero-order valence-corrected chi connectivity index (χ0v) is 14.4. The van der Waals surface area contributed by atoms with Crippen LogP contribution in [-0.4, -0.2) is 25.2 Å². The van der Waals surface area contributed by atoms with Gasteiger partial charge in [0.05, 0.1) is 19.8 Å². The van der Waals surface area contributed by atoms with Crippen LogP contribution in [0, 0.1) is 0 Å². The Morgan fingerprint density at radius 2 is 1.92 bits per heavy atom. The predicted octanol–water partition coefficient (Wildman–Crippen LogP) is 2.83. The van der Waals surface area contributed by atoms with E-state index in [0.29, 0.717) is 18.0 Å². The molecule has 128 valence electrons. The number of nitrogens with one attached hydrogen (secondary N) is 2. The van der Waals surface area contributed by atoms with Crippen LogP contribution in [0.2, 0.25) is 0 Å². The van der Waals surface area contributed by atoms with Crippen molar-refractivity contribution in [1.82, 2.24) is 15.6 Å². The van der Waals surface area contributed by atoms with Crippen molar-refractivity contribution in [3.63, 3.8) is 0 Å². The fourth-order valence-corrected chi connectivity index (χ4v) is 2.31. The molecule has 0 spiro atoms. The van der Waals surface area contributed by atoms with E-state index in [1.54, 1.807) is 26.6 Å². The summed E-state index contributed by atoms with van der Waals surface area (Å²) >= 11 is 0. The Labute approximate surface area is 142 Å². The number of benzene rings is 1. The van der Waals surface area contributed by atoms with Gasteiger partial charge in [-0.05, 0) is 43.2 Å². The minimum Gasteiger partial charge on any atom is -0.493 e. The van der Waals surface area contributed by atoms with Crippen LogP contribution in [0.4, 0.5) is 4.79 Å². The molecular formula is C18H23N3O3. The molecule has 0 saturated carbocycles. The van der Waals surface area contributed by atoms with Crippen LogP contribution in [0.3, 0.4) is 0 Å². The van der Waals surface area contributed by atoms with Crippen molar-refractivity contribution in [3.8, 4) is 11.5 Å². The van der Waals surface area contributed by atoms with Crippen molar-refractivity contribution < 1.29 is 14.3 Å². The Kier molecular flexibility index (Phi) is 5.63. The SMILES string of the molecule is COc1ccc(C(C)(C)NC(=O)NCc2cccnc2)cc1OC. The molecule has 0 aliphatic heterocycles. The van der Waals surface area contributed by atoms with Crippen LogP contribution < -0.4 is 20.1 Å². The molecule has 2 amide bonds. The summed E-state index contributed by atoms with van der Waals surface area (Å²) in [6, 6.07) is 9.09. The van der Waals surface area contributed by atoms with Gasteiger partial charge in [-0.25, -0.2) is 4.79 Å². The van der Waals surface area contributed by atoms with E-state index in [1.165, 1.54) is 0 Å². The number of urea groups is 1. The number of rotatable bonds is 6. The average molecular weight is 329 g/mol. The van der Waals surface area contributed by atoms with E-state index in [0.717, 1.165) is 11.1 Å². The summed E-state index contributed by atoms with van der Waals surface area (Å²) in [5.41, 5.74) is 1.28. The maximum atomic E-state index is 12.2. The molecule has 0 bridgehead atoms. The lowest BCUT2D eigenvalue weighted by Crippen LogP contribution is -2.46. The summed E-state index contributed by atoms with van der Waals surface area (Å²) in [4.78, 5) is 16.2. The van der Waals surface area contributed by atoms with Crippen molar-refractivity contribution in [2.75, 3.05) is 14.2 Å². The number of hydrogen-bond acceptors (Lipinski definition) is 4. The van der Waals surface area contributed by atoms with Crippen LogP contribution in [0.1, 0.15) is 25.0 Å². The number of carbonyl (C=O) groups is 1. The fourth-order valence-electron chi connectivity index (χ4n) is 2.31. The quantitative estimate of drug-likeness (QED) is 0.855. The van der Waals surface area contributed by atoms with Gasteiger partial charge in [-0.3, -0.25) is 4.98 Å². The molecule has 0 atom stereocenters. The molecule has 1 aromatic carbocycles. The number of hydrogen-bond donors (Lipinski definition) is 2. The van der Waals surface area contributed by atoms with Gasteiger partial charge >= 0.3 is 6.03 Å².